The van der Waals surface area contributed by atoms with Crippen LogP contribution in [0.3, 0.4) is 0 Å². The van der Waals surface area contributed by atoms with Gasteiger partial charge in [0.1, 0.15) is 0 Å². The zero-order valence-electron chi connectivity index (χ0n) is 52.1. The molecule has 0 spiro atoms. The van der Waals surface area contributed by atoms with Gasteiger partial charge in [0.2, 0.25) is 0 Å². The predicted molar refractivity (Wildman–Crippen MR) is 327 cm³/mol. The van der Waals surface area contributed by atoms with E-state index < -0.39 is 17.9 Å². The van der Waals surface area contributed by atoms with Gasteiger partial charge in [0.05, 0.1) is 18.7 Å². The Morgan fingerprint density at radius 1 is 0.557 bits per heavy atom. The molecule has 0 saturated heterocycles. The second-order valence-electron chi connectivity index (χ2n) is 25.7. The first-order valence-corrected chi connectivity index (χ1v) is 33.6. The van der Waals surface area contributed by atoms with E-state index in [1.54, 1.807) is 31.7 Å². The summed E-state index contributed by atoms with van der Waals surface area (Å²) in [5.41, 5.74) is 8.93. The Balaban J connectivity index is 0.000000637. The third-order valence-electron chi connectivity index (χ3n) is 13.6. The Labute approximate surface area is 526 Å². The van der Waals surface area contributed by atoms with Crippen LogP contribution in [0.2, 0.25) is 26.2 Å². The summed E-state index contributed by atoms with van der Waals surface area (Å²) in [6, 6.07) is 29.7. The normalized spacial score (nSPS) is 14.9. The molecule has 5 aromatic carbocycles. The molecule has 5 aromatic rings. The van der Waals surface area contributed by atoms with Gasteiger partial charge in [-0.05, 0) is 99.8 Å². The van der Waals surface area contributed by atoms with E-state index in [1.807, 2.05) is 56.3 Å². The van der Waals surface area contributed by atoms with E-state index in [-0.39, 0.29) is 114 Å². The number of hydrogen-bond donors (Lipinski definition) is 0. The molecule has 0 amide bonds. The van der Waals surface area contributed by atoms with E-state index in [1.165, 1.54) is 5.56 Å². The van der Waals surface area contributed by atoms with Gasteiger partial charge in [-0.15, -0.1) is 11.5 Å². The standard InChI is InChI=1S/C33H53NO3.C22H26N2O2.C7H8.C4H14NSi2.Dy.Zn/c1-30(2,3)24-16-22(28(35)26(18-24)32(7,8)9)20-34(14-15-37-13)21-23-17-25(31(4,5)6)19-27(29(23)36)33(10,11)12;1-15-7-5-9-17(21(15)25)13-23-19-11-3-4-12-20(19)24-14-18-10-6-8-16(2)22(18)26;1-7-5-3-2-4-6-7;1-6(2)5-7(3)4;;/h16-19,35-36H,14-15,20-21H2,1-13H3;5-10,13-14,19-20,25-26H,3-4,11-12H2,1-2H3;2-6H,1H3;6-7H,1-4H3;;/q;;;-1;+3;+2/p-4/t;19-,20-;;;;/m.1..../s1. The zero-order chi connectivity index (χ0) is 58.1. The largest absolute Gasteiger partial charge is 3.00 e. The van der Waals surface area contributed by atoms with Crippen LogP contribution in [0.5, 0.6) is 23.0 Å². The molecule has 1 saturated carbocycles. The second kappa shape index (κ2) is 33.8. The van der Waals surface area contributed by atoms with Gasteiger partial charge < -0.3 is 29.8 Å². The molecule has 6 rings (SSSR count). The number of rotatable bonds is 13. The smallest absolute Gasteiger partial charge is 0.872 e. The van der Waals surface area contributed by atoms with Crippen molar-refractivity contribution in [3.63, 3.8) is 0 Å². The SMILES string of the molecule is COCCN(Cc1cc(C(C)(C)C)cc(C(C)(C)C)c1[O-])Cc1cc(C(C)(C)C)cc(C(C)(C)C)c1[O-].C[SiH](C)[N-][SiH](C)C.Cc1cccc(C=N[C@@H]2CCCC[C@H]2N=Cc2cccc(C)c2[O-])c1[O-].Cc1ccccc1.[Dy+3].[Zn+2]. The molecule has 0 N–H and O–H groups in total. The van der Waals surface area contributed by atoms with Crippen LogP contribution in [0.4, 0.5) is 0 Å². The first kappa shape index (κ1) is 73.9. The summed E-state index contributed by atoms with van der Waals surface area (Å²) in [7, 11) is 0.603. The molecule has 0 heterocycles. The quantitative estimate of drug-likeness (QED) is 0.0848. The van der Waals surface area contributed by atoms with Crippen molar-refractivity contribution in [2.75, 3.05) is 20.3 Å². The molecule has 9 nitrogen and oxygen atoms in total. The minimum atomic E-state index is -0.542. The molecule has 1 aliphatic carbocycles. The van der Waals surface area contributed by atoms with E-state index in [0.29, 0.717) is 37.4 Å². The summed E-state index contributed by atoms with van der Waals surface area (Å²) >= 11 is 0. The summed E-state index contributed by atoms with van der Waals surface area (Å²) in [5, 5.41) is 51.6. The molecule has 2 atom stereocenters. The molecule has 0 aromatic heterocycles. The molecule has 431 valence electrons. The zero-order valence-corrected chi connectivity index (χ0v) is 59.4. The fraction of sp³-hybridized carbons (Fsp3) is 0.515. The Morgan fingerprint density at radius 3 is 1.23 bits per heavy atom. The predicted octanol–water partition coefficient (Wildman–Crippen LogP) is 13.3. The van der Waals surface area contributed by atoms with Crippen molar-refractivity contribution in [3.05, 3.63) is 157 Å². The van der Waals surface area contributed by atoms with Gasteiger partial charge in [-0.1, -0.05) is 259 Å². The number of nitrogens with zero attached hydrogens (tertiary/aromatic N) is 4. The number of aliphatic imine (C=N–C) groups is 2. The molecule has 79 heavy (non-hydrogen) atoms. The van der Waals surface area contributed by atoms with Crippen molar-refractivity contribution >= 4 is 30.3 Å². The number of ether oxygens (including phenoxy) is 1. The molecular weight excluding hydrogens is 1210 g/mol. The molecule has 1 aliphatic rings. The topological polar surface area (TPSA) is 144 Å². The van der Waals surface area contributed by atoms with Crippen LogP contribution in [-0.4, -0.2) is 67.6 Å². The van der Waals surface area contributed by atoms with Gasteiger partial charge in [-0.2, -0.15) is 0 Å². The van der Waals surface area contributed by atoms with Crippen LogP contribution in [0.25, 0.3) is 4.65 Å². The van der Waals surface area contributed by atoms with Crippen LogP contribution >= 0.6 is 0 Å². The van der Waals surface area contributed by atoms with E-state index >= 15 is 0 Å². The van der Waals surface area contributed by atoms with Crippen LogP contribution in [-0.2, 0) is 59.0 Å². The van der Waals surface area contributed by atoms with Crippen molar-refractivity contribution in [1.29, 1.82) is 0 Å². The fourth-order valence-corrected chi connectivity index (χ4v) is 13.8. The van der Waals surface area contributed by atoms with Crippen molar-refractivity contribution in [2.45, 2.75) is 203 Å². The summed E-state index contributed by atoms with van der Waals surface area (Å²) in [5.74, 6) is 0.263. The average molecular weight is 1310 g/mol. The van der Waals surface area contributed by atoms with E-state index in [9.17, 15) is 20.4 Å². The Kier molecular flexibility index (Phi) is 31.6. The third-order valence-corrected chi connectivity index (χ3v) is 18.4. The van der Waals surface area contributed by atoms with Crippen molar-refractivity contribution < 1.29 is 82.8 Å². The van der Waals surface area contributed by atoms with Gasteiger partial charge in [-0.25, -0.2) is 0 Å². The summed E-state index contributed by atoms with van der Waals surface area (Å²) in [6.45, 7) is 42.6. The van der Waals surface area contributed by atoms with E-state index in [2.05, 4.69) is 172 Å². The molecule has 0 unspecified atom stereocenters. The number of hydrogen-bond acceptors (Lipinski definition) is 8. The van der Waals surface area contributed by atoms with Crippen LogP contribution in [0.15, 0.2) is 101 Å². The molecule has 13 heteroatoms. The van der Waals surface area contributed by atoms with Crippen molar-refractivity contribution in [1.82, 2.24) is 4.90 Å². The first-order chi connectivity index (χ1) is 35.7. The van der Waals surface area contributed by atoms with Gasteiger partial charge in [0.25, 0.3) is 0 Å². The second-order valence-corrected chi connectivity index (χ2v) is 31.2. The first-order valence-electron chi connectivity index (χ1n) is 28.0. The molecule has 0 aliphatic heterocycles. The Morgan fingerprint density at radius 2 is 0.937 bits per heavy atom. The minimum Gasteiger partial charge on any atom is -0.872 e. The summed E-state index contributed by atoms with van der Waals surface area (Å²) in [4.78, 5) is 11.5. The summed E-state index contributed by atoms with van der Waals surface area (Å²) < 4.78 is 9.98. The van der Waals surface area contributed by atoms with Crippen molar-refractivity contribution in [3.8, 4) is 23.0 Å². The van der Waals surface area contributed by atoms with Crippen LogP contribution < -0.4 is 20.4 Å². The maximum absolute atomic E-state index is 13.7. The number of aryl methyl sites for hydroxylation is 3. The number of methoxy groups -OCH3 is 1. The van der Waals surface area contributed by atoms with Gasteiger partial charge in [0.15, 0.2) is 0 Å². The Bertz CT molecular complexity index is 2510. The molecule has 0 bridgehead atoms. The number of benzene rings is 5. The minimum absolute atomic E-state index is 0. The molecular formula is C66H97DyN4O5Si2Zn. The average Bonchev–Trinajstić information content (AvgIpc) is 3.32. The third kappa shape index (κ3) is 25.1. The van der Waals surface area contributed by atoms with Gasteiger partial charge in [-0.3, -0.25) is 14.9 Å². The Hall–Kier alpha value is -3.15. The fourth-order valence-electron chi connectivity index (χ4n) is 8.99. The van der Waals surface area contributed by atoms with Gasteiger partial charge in [0, 0.05) is 39.2 Å². The summed E-state index contributed by atoms with van der Waals surface area (Å²) in [6.07, 6.45) is 7.53. The van der Waals surface area contributed by atoms with E-state index in [4.69, 9.17) is 4.74 Å². The van der Waals surface area contributed by atoms with Crippen LogP contribution in [0.1, 0.15) is 170 Å². The molecule has 1 fully saturated rings. The van der Waals surface area contributed by atoms with Gasteiger partial charge >= 0.3 is 57.7 Å². The maximum Gasteiger partial charge on any atom is 3.00 e. The monoisotopic (exact) mass is 1310 g/mol. The van der Waals surface area contributed by atoms with E-state index in [0.717, 1.165) is 70.2 Å². The van der Waals surface area contributed by atoms with Crippen molar-refractivity contribution in [2.24, 2.45) is 9.98 Å². The molecule has 1 radical (unpaired) electrons. The van der Waals surface area contributed by atoms with Crippen LogP contribution in [0, 0.1) is 58.9 Å². The maximum atomic E-state index is 13.7. The number of para-hydroxylation sites is 2.